The van der Waals surface area contributed by atoms with Crippen LogP contribution in [0.1, 0.15) is 41.5 Å². The van der Waals surface area contributed by atoms with Crippen molar-refractivity contribution in [1.29, 1.82) is 0 Å². The molecule has 0 bridgehead atoms. The lowest BCUT2D eigenvalue weighted by Crippen LogP contribution is -2.41. The van der Waals surface area contributed by atoms with E-state index in [-0.39, 0.29) is 23.8 Å². The number of H-pyrrole nitrogens is 2. The van der Waals surface area contributed by atoms with E-state index in [0.29, 0.717) is 30.2 Å². The first-order valence-corrected chi connectivity index (χ1v) is 9.95. The number of nitrogens with one attached hydrogen (secondary N) is 2. The highest BCUT2D eigenvalue weighted by atomic mass is 16.2. The summed E-state index contributed by atoms with van der Waals surface area (Å²) in [5.74, 6) is 0.727. The van der Waals surface area contributed by atoms with Gasteiger partial charge in [-0.25, -0.2) is 4.98 Å². The van der Waals surface area contributed by atoms with E-state index >= 15 is 0 Å². The lowest BCUT2D eigenvalue weighted by molar-refractivity contribution is -0.131. The Morgan fingerprint density at radius 1 is 1.24 bits per heavy atom. The van der Waals surface area contributed by atoms with Crippen LogP contribution in [0.15, 0.2) is 41.3 Å². The third-order valence-corrected chi connectivity index (χ3v) is 5.60. The standard InChI is InChI=1S/C22H25N5O2/c1-14-18(22(29)25-15(2)24-14)11-20(28)27-10-6-9-17(13-27)21-19(12-23-26-21)16-7-4-3-5-8-16/h3-5,7-8,12,17H,6,9-11,13H2,1-2H3,(H,23,26)(H,24,25,29)/t17-/m1/s1. The number of carbonyl (C=O) groups is 1. The van der Waals surface area contributed by atoms with Gasteiger partial charge in [-0.2, -0.15) is 5.10 Å². The Hall–Kier alpha value is -3.22. The molecule has 3 heterocycles. The van der Waals surface area contributed by atoms with Crippen molar-refractivity contribution in [1.82, 2.24) is 25.1 Å². The smallest absolute Gasteiger partial charge is 0.254 e. The highest BCUT2D eigenvalue weighted by molar-refractivity contribution is 5.79. The summed E-state index contributed by atoms with van der Waals surface area (Å²) in [5.41, 5.74) is 4.12. The van der Waals surface area contributed by atoms with Gasteiger partial charge in [-0.1, -0.05) is 30.3 Å². The molecule has 0 unspecified atom stereocenters. The monoisotopic (exact) mass is 391 g/mol. The first-order valence-electron chi connectivity index (χ1n) is 9.95. The third kappa shape index (κ3) is 3.99. The fraction of sp³-hybridized carbons (Fsp3) is 0.364. The second kappa shape index (κ2) is 8.03. The van der Waals surface area contributed by atoms with Gasteiger partial charge in [0.25, 0.3) is 5.56 Å². The zero-order chi connectivity index (χ0) is 20.4. The highest BCUT2D eigenvalue weighted by Gasteiger charge is 2.28. The Morgan fingerprint density at radius 3 is 2.79 bits per heavy atom. The second-order valence-electron chi connectivity index (χ2n) is 7.63. The van der Waals surface area contributed by atoms with E-state index in [0.717, 1.165) is 29.7 Å². The Labute approximate surface area is 169 Å². The first-order chi connectivity index (χ1) is 14.0. The molecule has 0 spiro atoms. The number of hydrogen-bond acceptors (Lipinski definition) is 4. The van der Waals surface area contributed by atoms with Crippen LogP contribution in [0.4, 0.5) is 0 Å². The Morgan fingerprint density at radius 2 is 2.03 bits per heavy atom. The molecule has 0 saturated carbocycles. The summed E-state index contributed by atoms with van der Waals surface area (Å²) in [6.07, 6.45) is 3.85. The Bertz CT molecular complexity index is 1070. The van der Waals surface area contributed by atoms with Gasteiger partial charge in [0.05, 0.1) is 12.6 Å². The van der Waals surface area contributed by atoms with Crippen LogP contribution in [-0.2, 0) is 11.2 Å². The van der Waals surface area contributed by atoms with Crippen LogP contribution >= 0.6 is 0 Å². The average Bonchev–Trinajstić information content (AvgIpc) is 3.21. The molecular weight excluding hydrogens is 366 g/mol. The van der Waals surface area contributed by atoms with Crippen LogP contribution in [0.3, 0.4) is 0 Å². The molecule has 1 atom stereocenters. The van der Waals surface area contributed by atoms with Crippen molar-refractivity contribution < 1.29 is 4.79 Å². The van der Waals surface area contributed by atoms with Crippen LogP contribution < -0.4 is 5.56 Å². The number of aromatic nitrogens is 4. The summed E-state index contributed by atoms with van der Waals surface area (Å²) in [5, 5.41) is 7.42. The molecule has 3 aromatic rings. The molecular formula is C22H25N5O2. The minimum absolute atomic E-state index is 0.0327. The van der Waals surface area contributed by atoms with Gasteiger partial charge in [0.1, 0.15) is 5.82 Å². The predicted octanol–water partition coefficient (Wildman–Crippen LogP) is 2.73. The number of aromatic amines is 2. The Balaban J connectivity index is 1.52. The average molecular weight is 391 g/mol. The number of piperidine rings is 1. The fourth-order valence-electron chi connectivity index (χ4n) is 4.12. The van der Waals surface area contributed by atoms with Gasteiger partial charge in [0, 0.05) is 41.5 Å². The summed E-state index contributed by atoms with van der Waals surface area (Å²) in [6.45, 7) is 4.85. The molecule has 1 aromatic carbocycles. The van der Waals surface area contributed by atoms with Crippen LogP contribution in [0.5, 0.6) is 0 Å². The minimum Gasteiger partial charge on any atom is -0.342 e. The number of nitrogens with zero attached hydrogens (tertiary/aromatic N) is 3. The lowest BCUT2D eigenvalue weighted by Gasteiger charge is -2.33. The van der Waals surface area contributed by atoms with Crippen molar-refractivity contribution in [2.24, 2.45) is 0 Å². The molecule has 2 aromatic heterocycles. The molecule has 1 fully saturated rings. The zero-order valence-electron chi connectivity index (χ0n) is 16.7. The summed E-state index contributed by atoms with van der Waals surface area (Å²) >= 11 is 0. The van der Waals surface area contributed by atoms with Gasteiger partial charge in [-0.15, -0.1) is 0 Å². The minimum atomic E-state index is -0.225. The van der Waals surface area contributed by atoms with Crippen molar-refractivity contribution in [2.45, 2.75) is 39.0 Å². The largest absolute Gasteiger partial charge is 0.342 e. The molecule has 1 amide bonds. The van der Waals surface area contributed by atoms with Crippen molar-refractivity contribution in [3.8, 4) is 11.1 Å². The molecule has 1 aliphatic rings. The number of carbonyl (C=O) groups excluding carboxylic acids is 1. The summed E-state index contributed by atoms with van der Waals surface area (Å²) in [7, 11) is 0. The van der Waals surface area contributed by atoms with Gasteiger partial charge in [-0.05, 0) is 32.3 Å². The van der Waals surface area contributed by atoms with E-state index in [1.165, 1.54) is 0 Å². The molecule has 150 valence electrons. The molecule has 29 heavy (non-hydrogen) atoms. The van der Waals surface area contributed by atoms with Crippen molar-refractivity contribution >= 4 is 5.91 Å². The van der Waals surface area contributed by atoms with Crippen molar-refractivity contribution in [2.75, 3.05) is 13.1 Å². The molecule has 4 rings (SSSR count). The van der Waals surface area contributed by atoms with E-state index in [2.05, 4.69) is 32.3 Å². The van der Waals surface area contributed by atoms with Crippen LogP contribution in [0.2, 0.25) is 0 Å². The van der Waals surface area contributed by atoms with Crippen LogP contribution in [-0.4, -0.2) is 44.1 Å². The predicted molar refractivity (Wildman–Crippen MR) is 111 cm³/mol. The van der Waals surface area contributed by atoms with Gasteiger partial charge >= 0.3 is 0 Å². The van der Waals surface area contributed by atoms with Crippen molar-refractivity contribution in [3.05, 3.63) is 69.7 Å². The van der Waals surface area contributed by atoms with Gasteiger partial charge in [0.2, 0.25) is 5.91 Å². The van der Waals surface area contributed by atoms with E-state index in [4.69, 9.17) is 0 Å². The number of benzene rings is 1. The zero-order valence-corrected chi connectivity index (χ0v) is 16.7. The van der Waals surface area contributed by atoms with E-state index < -0.39 is 0 Å². The number of likely N-dealkylation sites (tertiary alicyclic amines) is 1. The molecule has 0 radical (unpaired) electrons. The summed E-state index contributed by atoms with van der Waals surface area (Å²) in [4.78, 5) is 34.1. The summed E-state index contributed by atoms with van der Waals surface area (Å²) < 4.78 is 0. The highest BCUT2D eigenvalue weighted by Crippen LogP contribution is 2.33. The first kappa shape index (κ1) is 19.1. The molecule has 2 N–H and O–H groups in total. The van der Waals surface area contributed by atoms with Crippen LogP contribution in [0.25, 0.3) is 11.1 Å². The summed E-state index contributed by atoms with van der Waals surface area (Å²) in [6, 6.07) is 10.2. The third-order valence-electron chi connectivity index (χ3n) is 5.60. The van der Waals surface area contributed by atoms with Gasteiger partial charge in [0.15, 0.2) is 0 Å². The second-order valence-corrected chi connectivity index (χ2v) is 7.63. The van der Waals surface area contributed by atoms with Crippen LogP contribution in [0, 0.1) is 13.8 Å². The normalized spacial score (nSPS) is 16.8. The van der Waals surface area contributed by atoms with Gasteiger partial charge in [-0.3, -0.25) is 14.7 Å². The SMILES string of the molecule is Cc1nc(C)c(CC(=O)N2CCC[C@@H](c3[nH]ncc3-c3ccccc3)C2)c(=O)[nH]1. The topological polar surface area (TPSA) is 94.7 Å². The quantitative estimate of drug-likeness (QED) is 0.715. The number of aryl methyl sites for hydroxylation is 2. The fourth-order valence-corrected chi connectivity index (χ4v) is 4.12. The molecule has 1 saturated heterocycles. The maximum atomic E-state index is 12.9. The molecule has 0 aliphatic carbocycles. The van der Waals surface area contributed by atoms with E-state index in [1.807, 2.05) is 29.3 Å². The number of amides is 1. The van der Waals surface area contributed by atoms with E-state index in [9.17, 15) is 9.59 Å². The molecule has 7 nitrogen and oxygen atoms in total. The van der Waals surface area contributed by atoms with Crippen molar-refractivity contribution in [3.63, 3.8) is 0 Å². The van der Waals surface area contributed by atoms with Gasteiger partial charge < -0.3 is 9.88 Å². The lowest BCUT2D eigenvalue weighted by atomic mass is 9.90. The Kier molecular flexibility index (Phi) is 5.29. The molecule has 7 heteroatoms. The van der Waals surface area contributed by atoms with E-state index in [1.54, 1.807) is 13.8 Å². The maximum absolute atomic E-state index is 12.9. The number of rotatable bonds is 4. The maximum Gasteiger partial charge on any atom is 0.254 e. The number of hydrogen-bond donors (Lipinski definition) is 2. The molecule has 1 aliphatic heterocycles.